The number of aliphatic hydroxyl groups excluding tert-OH is 1. The first kappa shape index (κ1) is 27.4. The summed E-state index contributed by atoms with van der Waals surface area (Å²) in [5, 5.41) is 20.3. The molecule has 2 heterocycles. The normalized spacial score (nSPS) is 16.1. The minimum absolute atomic E-state index is 0.0191. The molecule has 0 spiro atoms. The van der Waals surface area contributed by atoms with Gasteiger partial charge >= 0.3 is 5.91 Å². The molecule has 0 aliphatic carbocycles. The van der Waals surface area contributed by atoms with Crippen LogP contribution >= 0.6 is 23.1 Å². The van der Waals surface area contributed by atoms with E-state index in [1.807, 2.05) is 79.7 Å². The molecule has 1 N–H and O–H groups in total. The van der Waals surface area contributed by atoms with Gasteiger partial charge in [0.1, 0.15) is 17.3 Å². The number of thioether (sulfide) groups is 1. The number of Topliss-reactive ketones (excluding diaryl/α,β-unsaturated/α-hetero) is 1. The molecule has 1 atom stereocenters. The van der Waals surface area contributed by atoms with Gasteiger partial charge in [-0.2, -0.15) is 0 Å². The predicted octanol–water partition coefficient (Wildman–Crippen LogP) is 7.56. The summed E-state index contributed by atoms with van der Waals surface area (Å²) in [6.07, 6.45) is 0. The monoisotopic (exact) mass is 591 g/mol. The third-order valence-electron chi connectivity index (χ3n) is 6.73. The van der Waals surface area contributed by atoms with Crippen LogP contribution in [0.15, 0.2) is 119 Å². The summed E-state index contributed by atoms with van der Waals surface area (Å²) in [4.78, 5) is 28.5. The van der Waals surface area contributed by atoms with Crippen molar-refractivity contribution in [3.8, 4) is 11.5 Å². The van der Waals surface area contributed by atoms with Crippen LogP contribution in [0.2, 0.25) is 0 Å². The Labute approximate surface area is 251 Å². The quantitative estimate of drug-likeness (QED) is 0.0655. The third kappa shape index (κ3) is 5.70. The summed E-state index contributed by atoms with van der Waals surface area (Å²) in [6.45, 7) is 1.93. The number of amides is 1. The van der Waals surface area contributed by atoms with E-state index < -0.39 is 17.7 Å². The molecule has 1 aromatic heterocycles. The number of aliphatic hydroxyl groups is 1. The van der Waals surface area contributed by atoms with Crippen LogP contribution in [0.5, 0.6) is 11.5 Å². The van der Waals surface area contributed by atoms with Crippen LogP contribution in [0.4, 0.5) is 5.13 Å². The van der Waals surface area contributed by atoms with Crippen molar-refractivity contribution < 1.29 is 19.4 Å². The minimum atomic E-state index is -0.939. The van der Waals surface area contributed by atoms with Crippen LogP contribution in [0.25, 0.3) is 5.76 Å². The van der Waals surface area contributed by atoms with Crippen molar-refractivity contribution in [2.75, 3.05) is 4.90 Å². The maximum atomic E-state index is 13.6. The van der Waals surface area contributed by atoms with Gasteiger partial charge in [0.2, 0.25) is 5.13 Å². The highest BCUT2D eigenvalue weighted by Crippen LogP contribution is 2.44. The Morgan fingerprint density at radius 2 is 1.57 bits per heavy atom. The van der Waals surface area contributed by atoms with E-state index in [2.05, 4.69) is 10.2 Å². The molecule has 0 radical (unpaired) electrons. The van der Waals surface area contributed by atoms with E-state index in [-0.39, 0.29) is 16.5 Å². The molecule has 1 saturated heterocycles. The van der Waals surface area contributed by atoms with Crippen LogP contribution < -0.4 is 9.64 Å². The maximum Gasteiger partial charge on any atom is 0.301 e. The third-order valence-corrected chi connectivity index (χ3v) is 8.86. The van der Waals surface area contributed by atoms with Crippen molar-refractivity contribution in [3.05, 3.63) is 137 Å². The molecule has 1 unspecified atom stereocenters. The zero-order chi connectivity index (χ0) is 29.1. The number of hydrogen-bond donors (Lipinski definition) is 1. The lowest BCUT2D eigenvalue weighted by molar-refractivity contribution is -0.132. The molecule has 0 bridgehead atoms. The van der Waals surface area contributed by atoms with Gasteiger partial charge in [0, 0.05) is 11.3 Å². The van der Waals surface area contributed by atoms with Gasteiger partial charge in [-0.3, -0.25) is 14.5 Å². The summed E-state index contributed by atoms with van der Waals surface area (Å²) >= 11 is 2.73. The zero-order valence-corrected chi connectivity index (χ0v) is 24.1. The first-order valence-corrected chi connectivity index (χ1v) is 15.0. The van der Waals surface area contributed by atoms with Gasteiger partial charge in [0.05, 0.1) is 11.6 Å². The highest BCUT2D eigenvalue weighted by molar-refractivity contribution is 8.00. The van der Waals surface area contributed by atoms with E-state index in [1.54, 1.807) is 36.4 Å². The van der Waals surface area contributed by atoms with Crippen LogP contribution in [0.3, 0.4) is 0 Å². The number of anilines is 1. The number of aryl methyl sites for hydroxylation is 1. The van der Waals surface area contributed by atoms with Crippen LogP contribution in [0.1, 0.15) is 28.3 Å². The Morgan fingerprint density at radius 1 is 0.881 bits per heavy atom. The second-order valence-corrected chi connectivity index (χ2v) is 11.8. The molecule has 0 saturated carbocycles. The van der Waals surface area contributed by atoms with Crippen LogP contribution in [0, 0.1) is 6.92 Å². The average molecular weight is 592 g/mol. The number of para-hydroxylation sites is 1. The van der Waals surface area contributed by atoms with Crippen LogP contribution in [-0.2, 0) is 15.3 Å². The number of aromatic nitrogens is 2. The van der Waals surface area contributed by atoms with E-state index in [9.17, 15) is 14.7 Å². The number of carbonyl (C=O) groups excluding carboxylic acids is 2. The van der Waals surface area contributed by atoms with Gasteiger partial charge in [0.15, 0.2) is 4.34 Å². The molecular weight excluding hydrogens is 567 g/mol. The molecular formula is C33H25N3O4S2. The van der Waals surface area contributed by atoms with Crippen molar-refractivity contribution in [1.29, 1.82) is 0 Å². The first-order chi connectivity index (χ1) is 20.5. The van der Waals surface area contributed by atoms with E-state index in [4.69, 9.17) is 4.74 Å². The summed E-state index contributed by atoms with van der Waals surface area (Å²) in [6, 6.07) is 32.7. The Balaban J connectivity index is 1.40. The molecule has 1 amide bonds. The van der Waals surface area contributed by atoms with Crippen molar-refractivity contribution in [1.82, 2.24) is 10.2 Å². The fraction of sp³-hybridized carbons (Fsp3) is 0.0909. The molecule has 9 heteroatoms. The second-order valence-electron chi connectivity index (χ2n) is 9.65. The predicted molar refractivity (Wildman–Crippen MR) is 165 cm³/mol. The number of rotatable bonds is 8. The van der Waals surface area contributed by atoms with E-state index in [0.717, 1.165) is 11.1 Å². The molecule has 1 aliphatic heterocycles. The molecule has 6 rings (SSSR count). The fourth-order valence-electron chi connectivity index (χ4n) is 4.66. The lowest BCUT2D eigenvalue weighted by atomic mass is 9.95. The molecule has 7 nitrogen and oxygen atoms in total. The molecule has 5 aromatic rings. The average Bonchev–Trinajstić information content (AvgIpc) is 3.59. The topological polar surface area (TPSA) is 92.6 Å². The largest absolute Gasteiger partial charge is 0.507 e. The zero-order valence-electron chi connectivity index (χ0n) is 22.5. The lowest BCUT2D eigenvalue weighted by Gasteiger charge is -2.23. The summed E-state index contributed by atoms with van der Waals surface area (Å²) in [5.74, 6) is 0.0335. The number of benzene rings is 4. The highest BCUT2D eigenvalue weighted by atomic mass is 32.2. The smallest absolute Gasteiger partial charge is 0.301 e. The van der Waals surface area contributed by atoms with E-state index >= 15 is 0 Å². The van der Waals surface area contributed by atoms with Gasteiger partial charge in [-0.15, -0.1) is 10.2 Å². The highest BCUT2D eigenvalue weighted by Gasteiger charge is 2.48. The summed E-state index contributed by atoms with van der Waals surface area (Å²) in [7, 11) is 0. The van der Waals surface area contributed by atoms with Gasteiger partial charge in [-0.1, -0.05) is 114 Å². The van der Waals surface area contributed by atoms with Gasteiger partial charge in [-0.05, 0) is 42.3 Å². The lowest BCUT2D eigenvalue weighted by Crippen LogP contribution is -2.29. The number of hydrogen-bond acceptors (Lipinski definition) is 8. The van der Waals surface area contributed by atoms with Gasteiger partial charge in [0.25, 0.3) is 5.78 Å². The van der Waals surface area contributed by atoms with E-state index in [1.165, 1.54) is 28.0 Å². The van der Waals surface area contributed by atoms with Crippen LogP contribution in [-0.4, -0.2) is 27.0 Å². The SMILES string of the molecule is Cc1ccc(/C(O)=C2/C(=O)C(=O)N(c3nnc(SCc4ccccc4)s3)C2c2cccc(Oc3ccccc3)c2)cc1. The number of ether oxygens (including phenoxy) is 1. The molecule has 1 fully saturated rings. The molecule has 42 heavy (non-hydrogen) atoms. The van der Waals surface area contributed by atoms with Gasteiger partial charge < -0.3 is 9.84 Å². The summed E-state index contributed by atoms with van der Waals surface area (Å²) in [5.41, 5.74) is 3.15. The number of nitrogens with zero attached hydrogens (tertiary/aromatic N) is 3. The maximum absolute atomic E-state index is 13.6. The fourth-order valence-corrected chi connectivity index (χ4v) is 6.49. The standard InChI is InChI=1S/C33H25N3O4S2/c1-21-15-17-23(18-16-21)29(37)27-28(24-11-8-14-26(19-24)40-25-12-6-3-7-13-25)36(31(39)30(27)38)32-34-35-33(42-32)41-20-22-9-4-2-5-10-22/h2-19,28,37H,20H2,1H3/b29-27-. The minimum Gasteiger partial charge on any atom is -0.507 e. The Morgan fingerprint density at radius 3 is 2.31 bits per heavy atom. The molecule has 208 valence electrons. The summed E-state index contributed by atoms with van der Waals surface area (Å²) < 4.78 is 6.71. The van der Waals surface area contributed by atoms with Crippen molar-refractivity contribution in [2.24, 2.45) is 0 Å². The Bertz CT molecular complexity index is 1770. The van der Waals surface area contributed by atoms with Crippen molar-refractivity contribution in [2.45, 2.75) is 23.1 Å². The van der Waals surface area contributed by atoms with Crippen molar-refractivity contribution in [3.63, 3.8) is 0 Å². The Hall–Kier alpha value is -4.73. The second kappa shape index (κ2) is 12.0. The molecule has 1 aliphatic rings. The van der Waals surface area contributed by atoms with E-state index in [0.29, 0.717) is 32.7 Å². The first-order valence-electron chi connectivity index (χ1n) is 13.2. The van der Waals surface area contributed by atoms with Gasteiger partial charge in [-0.25, -0.2) is 0 Å². The number of carbonyl (C=O) groups is 2. The number of ketones is 1. The van der Waals surface area contributed by atoms with Crippen molar-refractivity contribution >= 4 is 45.7 Å². The molecule has 4 aromatic carbocycles. The Kier molecular flexibility index (Phi) is 7.85.